The van der Waals surface area contributed by atoms with E-state index in [1.165, 1.54) is 23.6 Å². The number of rotatable bonds is 5. The van der Waals surface area contributed by atoms with Crippen LogP contribution in [0.2, 0.25) is 0 Å². The molecule has 0 spiro atoms. The second-order valence-corrected chi connectivity index (χ2v) is 9.01. The monoisotopic (exact) mass is 431 g/mol. The molecule has 1 aromatic heterocycles. The van der Waals surface area contributed by atoms with Crippen LogP contribution in [0, 0.1) is 11.8 Å². The van der Waals surface area contributed by atoms with Crippen LogP contribution in [0.15, 0.2) is 29.4 Å². The molecule has 9 nitrogen and oxygen atoms in total. The lowest BCUT2D eigenvalue weighted by atomic mass is 10.2. The van der Waals surface area contributed by atoms with Gasteiger partial charge < -0.3 is 19.9 Å². The Kier molecular flexibility index (Phi) is 6.05. The predicted molar refractivity (Wildman–Crippen MR) is 114 cm³/mol. The van der Waals surface area contributed by atoms with Crippen LogP contribution >= 0.6 is 0 Å². The van der Waals surface area contributed by atoms with E-state index in [2.05, 4.69) is 29.1 Å². The lowest BCUT2D eigenvalue weighted by molar-refractivity contribution is 0.0139. The van der Waals surface area contributed by atoms with Gasteiger partial charge in [-0.2, -0.15) is 4.98 Å². The number of nitrogens with one attached hydrogen (secondary N) is 1. The van der Waals surface area contributed by atoms with Gasteiger partial charge in [-0.15, -0.1) is 0 Å². The van der Waals surface area contributed by atoms with Crippen LogP contribution in [0.5, 0.6) is 0 Å². The molecule has 160 valence electrons. The summed E-state index contributed by atoms with van der Waals surface area (Å²) < 4.78 is 25.3. The van der Waals surface area contributed by atoms with Crippen molar-refractivity contribution in [2.45, 2.75) is 24.9 Å². The zero-order valence-electron chi connectivity index (χ0n) is 17.4. The van der Waals surface area contributed by atoms with Gasteiger partial charge in [0, 0.05) is 38.1 Å². The highest BCUT2D eigenvalue weighted by Gasteiger charge is 2.39. The number of hydrogen-bond donors (Lipinski definition) is 2. The van der Waals surface area contributed by atoms with Crippen molar-refractivity contribution in [2.75, 3.05) is 36.6 Å². The van der Waals surface area contributed by atoms with Gasteiger partial charge >= 0.3 is 0 Å². The number of aliphatic hydroxyl groups excluding tert-OH is 1. The minimum absolute atomic E-state index is 0.0542. The highest BCUT2D eigenvalue weighted by atomic mass is 32.2. The normalized spacial score (nSPS) is 16.2. The Morgan fingerprint density at radius 1 is 1.30 bits per heavy atom. The Labute approximate surface area is 176 Å². The van der Waals surface area contributed by atoms with Crippen molar-refractivity contribution in [1.29, 1.82) is 0 Å². The summed E-state index contributed by atoms with van der Waals surface area (Å²) in [5.74, 6) is 5.60. The van der Waals surface area contributed by atoms with E-state index in [9.17, 15) is 18.3 Å². The fourth-order valence-electron chi connectivity index (χ4n) is 3.19. The van der Waals surface area contributed by atoms with Crippen molar-refractivity contribution in [1.82, 2.24) is 14.5 Å². The molecule has 1 aliphatic rings. The third-order valence-electron chi connectivity index (χ3n) is 4.71. The maximum absolute atomic E-state index is 12.6. The van der Waals surface area contributed by atoms with Gasteiger partial charge in [-0.3, -0.25) is 9.69 Å². The number of fused-ring (bicyclic) bond motifs is 1. The average molecular weight is 432 g/mol. The number of aliphatic hydroxyl groups is 1. The van der Waals surface area contributed by atoms with Crippen molar-refractivity contribution in [3.63, 3.8) is 0 Å². The number of benzene rings is 1. The molecule has 1 amide bonds. The molecule has 1 aliphatic heterocycles. The topological polar surface area (TPSA) is 108 Å². The number of amides is 1. The maximum atomic E-state index is 12.6. The molecule has 0 saturated heterocycles. The number of hydrogen-bond acceptors (Lipinski definition) is 7. The molecule has 0 fully saturated rings. The van der Waals surface area contributed by atoms with Crippen LogP contribution in [-0.2, 0) is 16.9 Å². The van der Waals surface area contributed by atoms with Gasteiger partial charge in [-0.25, -0.2) is 8.42 Å². The van der Waals surface area contributed by atoms with Gasteiger partial charge in [0.25, 0.3) is 5.91 Å². The van der Waals surface area contributed by atoms with Gasteiger partial charge in [-0.1, -0.05) is 24.8 Å². The van der Waals surface area contributed by atoms with Crippen molar-refractivity contribution in [3.8, 4) is 11.8 Å². The molecule has 2 aromatic rings. The molecule has 0 saturated carbocycles. The third-order valence-corrected chi connectivity index (χ3v) is 5.74. The first-order chi connectivity index (χ1) is 14.1. The van der Waals surface area contributed by atoms with E-state index >= 15 is 0 Å². The molecule has 2 N–H and O–H groups in total. The molecule has 2 heterocycles. The standard InChI is InChI=1S/C20H25N5O4S/c1-5-11-21-15-10-6-8-14(13-15)9-7-12-25-17-16(18(26)24(3)20(25)27)23(2)19(22-17)30(4,28)29/h6,8,10,13,20-21,27H,5,11-12H2,1-4H3. The molecule has 1 aromatic carbocycles. The van der Waals surface area contributed by atoms with E-state index in [0.29, 0.717) is 0 Å². The van der Waals surface area contributed by atoms with E-state index in [-0.39, 0.29) is 23.2 Å². The number of aromatic nitrogens is 2. The molecule has 1 atom stereocenters. The Hall–Kier alpha value is -3.03. The van der Waals surface area contributed by atoms with Crippen LogP contribution in [-0.4, -0.2) is 66.6 Å². The van der Waals surface area contributed by atoms with Gasteiger partial charge in [0.15, 0.2) is 11.5 Å². The predicted octanol–water partition coefficient (Wildman–Crippen LogP) is 0.865. The summed E-state index contributed by atoms with van der Waals surface area (Å²) in [5.41, 5.74) is 1.86. The highest BCUT2D eigenvalue weighted by molar-refractivity contribution is 7.90. The second-order valence-electron chi connectivity index (χ2n) is 7.10. The Morgan fingerprint density at radius 2 is 2.03 bits per heavy atom. The summed E-state index contributed by atoms with van der Waals surface area (Å²) >= 11 is 0. The van der Waals surface area contributed by atoms with Crippen LogP contribution < -0.4 is 10.2 Å². The summed E-state index contributed by atoms with van der Waals surface area (Å²) in [6.45, 7) is 3.00. The fourth-order valence-corrected chi connectivity index (χ4v) is 4.03. The molecular formula is C20H25N5O4S. The van der Waals surface area contributed by atoms with Crippen molar-refractivity contribution in [2.24, 2.45) is 7.05 Å². The smallest absolute Gasteiger partial charge is 0.277 e. The molecule has 0 aliphatic carbocycles. The lowest BCUT2D eigenvalue weighted by Crippen LogP contribution is -2.54. The number of sulfone groups is 1. The molecule has 1 unspecified atom stereocenters. The van der Waals surface area contributed by atoms with Crippen molar-refractivity contribution in [3.05, 3.63) is 35.5 Å². The number of imidazole rings is 1. The summed E-state index contributed by atoms with van der Waals surface area (Å²) in [6, 6.07) is 7.67. The molecule has 10 heteroatoms. The fraction of sp³-hybridized carbons (Fsp3) is 0.400. The number of carbonyl (C=O) groups is 1. The summed E-state index contributed by atoms with van der Waals surface area (Å²) in [6.07, 6.45) is 0.727. The number of nitrogens with zero attached hydrogens (tertiary/aromatic N) is 4. The summed E-state index contributed by atoms with van der Waals surface area (Å²) in [5, 5.41) is 13.6. The molecule has 30 heavy (non-hydrogen) atoms. The van der Waals surface area contributed by atoms with E-state index in [0.717, 1.165) is 35.4 Å². The van der Waals surface area contributed by atoms with Crippen LogP contribution in [0.3, 0.4) is 0 Å². The number of carbonyl (C=O) groups excluding carboxylic acids is 1. The summed E-state index contributed by atoms with van der Waals surface area (Å²) in [7, 11) is -0.756. The van der Waals surface area contributed by atoms with Crippen LogP contribution in [0.1, 0.15) is 29.4 Å². The van der Waals surface area contributed by atoms with Gasteiger partial charge in [0.1, 0.15) is 0 Å². The minimum Gasteiger partial charge on any atom is -0.385 e. The first-order valence-corrected chi connectivity index (χ1v) is 11.4. The molecule has 3 rings (SSSR count). The van der Waals surface area contributed by atoms with E-state index in [1.54, 1.807) is 0 Å². The number of anilines is 2. The SMILES string of the molecule is CCCNc1cccc(C#CCN2c3nc(S(C)(=O)=O)n(C)c3C(=O)N(C)C2O)c1. The zero-order valence-corrected chi connectivity index (χ0v) is 18.2. The molecular weight excluding hydrogens is 406 g/mol. The lowest BCUT2D eigenvalue weighted by Gasteiger charge is -2.37. The maximum Gasteiger partial charge on any atom is 0.277 e. The first kappa shape index (κ1) is 21.7. The Bertz CT molecular complexity index is 1130. The van der Waals surface area contributed by atoms with Crippen LogP contribution in [0.25, 0.3) is 0 Å². The van der Waals surface area contributed by atoms with E-state index in [4.69, 9.17) is 0 Å². The molecule has 0 radical (unpaired) electrons. The average Bonchev–Trinajstić information content (AvgIpc) is 3.05. The quantitative estimate of drug-likeness (QED) is 0.676. The van der Waals surface area contributed by atoms with Gasteiger partial charge in [0.05, 0.1) is 6.54 Å². The first-order valence-electron chi connectivity index (χ1n) is 9.46. The Morgan fingerprint density at radius 3 is 2.70 bits per heavy atom. The highest BCUT2D eigenvalue weighted by Crippen LogP contribution is 2.30. The largest absolute Gasteiger partial charge is 0.385 e. The van der Waals surface area contributed by atoms with E-state index < -0.39 is 22.1 Å². The third kappa shape index (κ3) is 4.13. The zero-order chi connectivity index (χ0) is 22.1. The van der Waals surface area contributed by atoms with E-state index in [1.807, 2.05) is 24.3 Å². The Balaban J connectivity index is 1.92. The van der Waals surface area contributed by atoms with Gasteiger partial charge in [0.2, 0.25) is 21.3 Å². The second kappa shape index (κ2) is 8.38. The van der Waals surface area contributed by atoms with Crippen LogP contribution in [0.4, 0.5) is 11.5 Å². The summed E-state index contributed by atoms with van der Waals surface area (Å²) in [4.78, 5) is 19.2. The van der Waals surface area contributed by atoms with Crippen molar-refractivity contribution < 1.29 is 18.3 Å². The van der Waals surface area contributed by atoms with Crippen molar-refractivity contribution >= 4 is 27.2 Å². The van der Waals surface area contributed by atoms with Gasteiger partial charge in [-0.05, 0) is 24.6 Å². The molecule has 0 bridgehead atoms. The minimum atomic E-state index is -3.66.